The fraction of sp³-hybridized carbons (Fsp3) is 0. The highest BCUT2D eigenvalue weighted by Crippen LogP contribution is 2.45. The number of para-hydroxylation sites is 3. The van der Waals surface area contributed by atoms with E-state index in [4.69, 9.17) is 9.97 Å². The smallest absolute Gasteiger partial charge is 0.145 e. The maximum absolute atomic E-state index is 5.49. The predicted octanol–water partition coefficient (Wildman–Crippen LogP) is 15.1. The molecule has 0 aliphatic heterocycles. The van der Waals surface area contributed by atoms with Crippen molar-refractivity contribution in [1.29, 1.82) is 0 Å². The minimum Gasteiger partial charge on any atom is -0.298 e. The summed E-state index contributed by atoms with van der Waals surface area (Å²) in [4.78, 5) is 10.6. The first-order valence-electron chi connectivity index (χ1n) is 21.1. The molecule has 288 valence electrons. The van der Waals surface area contributed by atoms with E-state index in [1.54, 1.807) is 0 Å². The second-order valence-electron chi connectivity index (χ2n) is 16.2. The summed E-state index contributed by atoms with van der Waals surface area (Å²) >= 11 is 0. The Morgan fingerprint density at radius 3 is 1.61 bits per heavy atom. The monoisotopic (exact) mass is 788 g/mol. The summed E-state index contributed by atoms with van der Waals surface area (Å²) in [5, 5.41) is 9.61. The van der Waals surface area contributed by atoms with Crippen molar-refractivity contribution in [1.82, 2.24) is 18.9 Å². The van der Waals surface area contributed by atoms with Gasteiger partial charge in [0, 0.05) is 28.6 Å². The molecule has 13 rings (SSSR count). The molecule has 0 amide bonds. The van der Waals surface area contributed by atoms with Gasteiger partial charge >= 0.3 is 0 Å². The number of aromatic nitrogens is 4. The van der Waals surface area contributed by atoms with E-state index in [2.05, 4.69) is 227 Å². The molecule has 0 spiro atoms. The van der Waals surface area contributed by atoms with E-state index >= 15 is 0 Å². The lowest BCUT2D eigenvalue weighted by Crippen LogP contribution is -1.97. The minimum absolute atomic E-state index is 0.912. The summed E-state index contributed by atoms with van der Waals surface area (Å²) < 4.78 is 4.59. The lowest BCUT2D eigenvalue weighted by atomic mass is 9.89. The van der Waals surface area contributed by atoms with Crippen LogP contribution in [0.2, 0.25) is 0 Å². The zero-order valence-electron chi connectivity index (χ0n) is 33.6. The summed E-state index contributed by atoms with van der Waals surface area (Å²) in [5.74, 6) is 0.929. The van der Waals surface area contributed by atoms with E-state index in [1.165, 1.54) is 48.8 Å². The Morgan fingerprint density at radius 1 is 0.355 bits per heavy atom. The molecule has 10 aromatic carbocycles. The molecular weight excluding hydrogens is 753 g/mol. The third kappa shape index (κ3) is 5.40. The summed E-state index contributed by atoms with van der Waals surface area (Å²) in [6, 6.07) is 76.5. The van der Waals surface area contributed by atoms with Crippen LogP contribution >= 0.6 is 0 Å². The first-order chi connectivity index (χ1) is 30.7. The molecule has 0 unspecified atom stereocenters. The number of rotatable bonds is 5. The fourth-order valence-corrected chi connectivity index (χ4v) is 9.70. The van der Waals surface area contributed by atoms with Gasteiger partial charge in [0.15, 0.2) is 0 Å². The third-order valence-electron chi connectivity index (χ3n) is 12.6. The molecule has 0 saturated carbocycles. The zero-order valence-corrected chi connectivity index (χ0v) is 33.6. The maximum atomic E-state index is 5.49. The van der Waals surface area contributed by atoms with Crippen LogP contribution < -0.4 is 0 Å². The molecule has 3 heterocycles. The van der Waals surface area contributed by atoms with E-state index in [1.807, 2.05) is 0 Å². The van der Waals surface area contributed by atoms with E-state index in [9.17, 15) is 0 Å². The van der Waals surface area contributed by atoms with Crippen LogP contribution in [-0.4, -0.2) is 18.9 Å². The number of hydrogen-bond donors (Lipinski definition) is 0. The van der Waals surface area contributed by atoms with Crippen LogP contribution in [0.25, 0.3) is 121 Å². The first-order valence-corrected chi connectivity index (χ1v) is 21.1. The summed E-state index contributed by atoms with van der Waals surface area (Å²) in [6.45, 7) is 0. The van der Waals surface area contributed by atoms with Crippen LogP contribution in [0.4, 0.5) is 0 Å². The average molecular weight is 789 g/mol. The van der Waals surface area contributed by atoms with Gasteiger partial charge in [0.1, 0.15) is 11.5 Å². The van der Waals surface area contributed by atoms with E-state index in [0.29, 0.717) is 0 Å². The SMILES string of the molecule is c1ccc(-n2c(-c3ccc4cc(-c5ccc6nc7c(-c8ccc9ccccc9c8)c8ccccc8c(-c8ccc9ccccc9c8)c7n6c5)ccc4c3)nc3ccccc32)cc1. The average Bonchev–Trinajstić information content (AvgIpc) is 3.92. The van der Waals surface area contributed by atoms with Gasteiger partial charge in [0.25, 0.3) is 0 Å². The molecular formula is C58H36N4. The van der Waals surface area contributed by atoms with E-state index < -0.39 is 0 Å². The van der Waals surface area contributed by atoms with Gasteiger partial charge in [0.05, 0.1) is 22.1 Å². The number of imidazole rings is 2. The Balaban J connectivity index is 1.01. The topological polar surface area (TPSA) is 35.1 Å². The van der Waals surface area contributed by atoms with Gasteiger partial charge in [-0.25, -0.2) is 9.97 Å². The van der Waals surface area contributed by atoms with Crippen molar-refractivity contribution in [2.75, 3.05) is 0 Å². The Kier molecular flexibility index (Phi) is 7.57. The number of pyridine rings is 1. The molecule has 0 bridgehead atoms. The number of fused-ring (bicyclic) bond motifs is 8. The van der Waals surface area contributed by atoms with Crippen molar-refractivity contribution in [3.05, 3.63) is 219 Å². The van der Waals surface area contributed by atoms with Gasteiger partial charge in [-0.1, -0.05) is 152 Å². The Labute approximate surface area is 357 Å². The molecule has 0 radical (unpaired) electrons. The predicted molar refractivity (Wildman–Crippen MR) is 259 cm³/mol. The van der Waals surface area contributed by atoms with Crippen LogP contribution in [0, 0.1) is 0 Å². The van der Waals surface area contributed by atoms with Crippen molar-refractivity contribution in [3.63, 3.8) is 0 Å². The normalized spacial score (nSPS) is 11.9. The first kappa shape index (κ1) is 34.5. The molecule has 0 fully saturated rings. The zero-order chi connectivity index (χ0) is 40.7. The molecule has 4 nitrogen and oxygen atoms in total. The molecule has 13 aromatic rings. The van der Waals surface area contributed by atoms with Crippen molar-refractivity contribution in [3.8, 4) is 50.5 Å². The van der Waals surface area contributed by atoms with Gasteiger partial charge < -0.3 is 0 Å². The van der Waals surface area contributed by atoms with Crippen LogP contribution in [-0.2, 0) is 0 Å². The summed E-state index contributed by atoms with van der Waals surface area (Å²) in [5.41, 5.74) is 14.2. The minimum atomic E-state index is 0.912. The molecule has 0 atom stereocenters. The van der Waals surface area contributed by atoms with Gasteiger partial charge in [-0.05, 0) is 126 Å². The number of hydrogen-bond acceptors (Lipinski definition) is 2. The van der Waals surface area contributed by atoms with Crippen molar-refractivity contribution in [2.45, 2.75) is 0 Å². The Hall–Kier alpha value is -8.34. The van der Waals surface area contributed by atoms with Gasteiger partial charge in [0.2, 0.25) is 0 Å². The fourth-order valence-electron chi connectivity index (χ4n) is 9.70. The van der Waals surface area contributed by atoms with Crippen LogP contribution in [0.15, 0.2) is 219 Å². The molecule has 0 aliphatic carbocycles. The molecule has 62 heavy (non-hydrogen) atoms. The van der Waals surface area contributed by atoms with Gasteiger partial charge in [-0.15, -0.1) is 0 Å². The molecule has 0 N–H and O–H groups in total. The van der Waals surface area contributed by atoms with Crippen LogP contribution in [0.3, 0.4) is 0 Å². The van der Waals surface area contributed by atoms with E-state index in [-0.39, 0.29) is 0 Å². The molecule has 0 saturated heterocycles. The lowest BCUT2D eigenvalue weighted by Gasteiger charge is -2.16. The second-order valence-corrected chi connectivity index (χ2v) is 16.2. The highest BCUT2D eigenvalue weighted by molar-refractivity contribution is 6.21. The van der Waals surface area contributed by atoms with Crippen LogP contribution in [0.1, 0.15) is 0 Å². The molecule has 4 heteroatoms. The standard InChI is InChI=1S/C58H36N4/c1-2-16-48(17-3-1)62-52-21-11-10-20-51(52)59-58(62)46-29-26-41-32-43(25-24-42(41)35-46)47-30-31-53-60-56-54(44-27-22-37-12-4-6-14-39(37)33-44)49-18-8-9-19-50(49)55(57(56)61(53)36-47)45-28-23-38-13-5-7-15-40(38)34-45/h1-36H. The lowest BCUT2D eigenvalue weighted by molar-refractivity contribution is 1.10. The largest absolute Gasteiger partial charge is 0.298 e. The third-order valence-corrected chi connectivity index (χ3v) is 12.6. The van der Waals surface area contributed by atoms with Gasteiger partial charge in [-0.3, -0.25) is 8.97 Å². The number of nitrogens with zero attached hydrogens (tertiary/aromatic N) is 4. The highest BCUT2D eigenvalue weighted by Gasteiger charge is 2.22. The Bertz CT molecular complexity index is 3930. The van der Waals surface area contributed by atoms with Crippen molar-refractivity contribution < 1.29 is 0 Å². The van der Waals surface area contributed by atoms with E-state index in [0.717, 1.165) is 72.4 Å². The summed E-state index contributed by atoms with van der Waals surface area (Å²) in [6.07, 6.45) is 2.28. The number of benzene rings is 10. The molecule has 0 aliphatic rings. The van der Waals surface area contributed by atoms with Crippen molar-refractivity contribution >= 4 is 70.8 Å². The second kappa shape index (κ2) is 13.6. The van der Waals surface area contributed by atoms with Crippen LogP contribution in [0.5, 0.6) is 0 Å². The summed E-state index contributed by atoms with van der Waals surface area (Å²) in [7, 11) is 0. The Morgan fingerprint density at radius 2 is 0.871 bits per heavy atom. The molecule has 3 aromatic heterocycles. The quantitative estimate of drug-likeness (QED) is 0.174. The van der Waals surface area contributed by atoms with Gasteiger partial charge in [-0.2, -0.15) is 0 Å². The maximum Gasteiger partial charge on any atom is 0.145 e. The highest BCUT2D eigenvalue weighted by atomic mass is 15.1. The van der Waals surface area contributed by atoms with Crippen molar-refractivity contribution in [2.24, 2.45) is 0 Å².